The minimum atomic E-state index is -3.55. The van der Waals surface area contributed by atoms with Crippen molar-refractivity contribution in [2.24, 2.45) is 0 Å². The summed E-state index contributed by atoms with van der Waals surface area (Å²) in [5, 5.41) is 0.722. The van der Waals surface area contributed by atoms with Crippen molar-refractivity contribution in [3.8, 4) is 0 Å². The van der Waals surface area contributed by atoms with E-state index in [0.717, 1.165) is 34.2 Å². The van der Waals surface area contributed by atoms with Crippen LogP contribution in [0.25, 0.3) is 11.0 Å². The van der Waals surface area contributed by atoms with Gasteiger partial charge in [-0.05, 0) is 36.8 Å². The van der Waals surface area contributed by atoms with Gasteiger partial charge in [0.1, 0.15) is 5.82 Å². The zero-order chi connectivity index (χ0) is 21.1. The molecule has 1 saturated heterocycles. The van der Waals surface area contributed by atoms with E-state index in [1.165, 1.54) is 4.31 Å². The van der Waals surface area contributed by atoms with E-state index in [-0.39, 0.29) is 4.90 Å². The maximum absolute atomic E-state index is 13.0. The first kappa shape index (κ1) is 21.6. The molecule has 2 aromatic carbocycles. The van der Waals surface area contributed by atoms with E-state index in [1.54, 1.807) is 23.9 Å². The highest BCUT2D eigenvalue weighted by molar-refractivity contribution is 7.98. The average molecular weight is 466 g/mol. The first-order valence-corrected chi connectivity index (χ1v) is 12.8. The quantitative estimate of drug-likeness (QED) is 0.483. The third-order valence-electron chi connectivity index (χ3n) is 5.05. The van der Waals surface area contributed by atoms with Gasteiger partial charge in [-0.3, -0.25) is 0 Å². The van der Waals surface area contributed by atoms with Crippen molar-refractivity contribution < 1.29 is 13.2 Å². The Bertz CT molecular complexity index is 1140. The van der Waals surface area contributed by atoms with Gasteiger partial charge in [0.15, 0.2) is 0 Å². The summed E-state index contributed by atoms with van der Waals surface area (Å²) in [5.74, 6) is 1.57. The number of benzene rings is 2. The Hall–Kier alpha value is -1.58. The first-order chi connectivity index (χ1) is 14.5. The largest absolute Gasteiger partial charge is 0.379 e. The molecule has 0 unspecified atom stereocenters. The van der Waals surface area contributed by atoms with Crippen LogP contribution in [0.3, 0.4) is 0 Å². The predicted octanol–water partition coefficient (Wildman–Crippen LogP) is 4.41. The summed E-state index contributed by atoms with van der Waals surface area (Å²) in [6.45, 7) is 4.55. The number of aromatic nitrogens is 2. The van der Waals surface area contributed by atoms with Crippen molar-refractivity contribution >= 4 is 44.4 Å². The van der Waals surface area contributed by atoms with E-state index >= 15 is 0 Å². The van der Waals surface area contributed by atoms with Crippen LogP contribution in [-0.2, 0) is 27.1 Å². The molecule has 0 saturated carbocycles. The van der Waals surface area contributed by atoms with E-state index in [9.17, 15) is 8.42 Å². The standard InChI is InChI=1S/C21H24ClN3O3S2/c1-2-9-25-19-8-7-16(30(26,27)24-10-12-28-13-11-24)14-18(19)23-21(25)15-29-20-6-4-3-5-17(20)22/h3-8,14H,2,9-13,15H2,1H3. The molecule has 1 fully saturated rings. The van der Waals surface area contributed by atoms with Gasteiger partial charge >= 0.3 is 0 Å². The Morgan fingerprint density at radius 2 is 1.93 bits per heavy atom. The number of morpholine rings is 1. The van der Waals surface area contributed by atoms with E-state index in [4.69, 9.17) is 21.3 Å². The first-order valence-electron chi connectivity index (χ1n) is 9.95. The smallest absolute Gasteiger partial charge is 0.243 e. The number of ether oxygens (including phenoxy) is 1. The summed E-state index contributed by atoms with van der Waals surface area (Å²) in [4.78, 5) is 6.07. The number of imidazole rings is 1. The zero-order valence-electron chi connectivity index (χ0n) is 16.8. The van der Waals surface area contributed by atoms with Crippen LogP contribution in [-0.4, -0.2) is 48.6 Å². The van der Waals surface area contributed by atoms with E-state index in [1.807, 2.05) is 30.3 Å². The molecule has 0 bridgehead atoms. The number of nitrogens with zero attached hydrogens (tertiary/aromatic N) is 3. The van der Waals surface area contributed by atoms with Gasteiger partial charge in [-0.1, -0.05) is 30.7 Å². The normalized spacial score (nSPS) is 15.7. The number of fused-ring (bicyclic) bond motifs is 1. The second-order valence-corrected chi connectivity index (χ2v) is 10.4. The molecule has 0 atom stereocenters. The molecule has 1 aliphatic rings. The molecule has 0 spiro atoms. The minimum Gasteiger partial charge on any atom is -0.379 e. The summed E-state index contributed by atoms with van der Waals surface area (Å²) >= 11 is 7.92. The van der Waals surface area contributed by atoms with Gasteiger partial charge in [-0.25, -0.2) is 13.4 Å². The number of rotatable bonds is 7. The molecule has 0 N–H and O–H groups in total. The van der Waals surface area contributed by atoms with Gasteiger partial charge in [0.25, 0.3) is 0 Å². The zero-order valence-corrected chi connectivity index (χ0v) is 19.1. The molecule has 1 aromatic heterocycles. The second kappa shape index (κ2) is 9.28. The monoisotopic (exact) mass is 465 g/mol. The van der Waals surface area contributed by atoms with Crippen molar-refractivity contribution in [2.75, 3.05) is 26.3 Å². The fourth-order valence-electron chi connectivity index (χ4n) is 3.54. The Balaban J connectivity index is 1.66. The van der Waals surface area contributed by atoms with Gasteiger partial charge in [-0.2, -0.15) is 4.31 Å². The van der Waals surface area contributed by atoms with E-state index in [2.05, 4.69) is 11.5 Å². The molecule has 3 aromatic rings. The number of halogens is 1. The molecular weight excluding hydrogens is 442 g/mol. The Morgan fingerprint density at radius 1 is 1.17 bits per heavy atom. The van der Waals surface area contributed by atoms with Crippen LogP contribution in [0, 0.1) is 0 Å². The number of sulfonamides is 1. The lowest BCUT2D eigenvalue weighted by molar-refractivity contribution is 0.0730. The molecule has 30 heavy (non-hydrogen) atoms. The van der Waals surface area contributed by atoms with Crippen molar-refractivity contribution in [1.29, 1.82) is 0 Å². The van der Waals surface area contributed by atoms with Crippen molar-refractivity contribution in [2.45, 2.75) is 35.4 Å². The van der Waals surface area contributed by atoms with Crippen molar-refractivity contribution in [1.82, 2.24) is 13.9 Å². The van der Waals surface area contributed by atoms with Gasteiger partial charge in [0.2, 0.25) is 10.0 Å². The van der Waals surface area contributed by atoms with Gasteiger partial charge in [0, 0.05) is 24.5 Å². The fourth-order valence-corrected chi connectivity index (χ4v) is 6.16. The van der Waals surface area contributed by atoms with Crippen LogP contribution in [0.1, 0.15) is 19.2 Å². The third-order valence-corrected chi connectivity index (χ3v) is 8.45. The molecule has 9 heteroatoms. The summed E-state index contributed by atoms with van der Waals surface area (Å²) in [6.07, 6.45) is 0.961. The molecule has 1 aliphatic heterocycles. The number of thioether (sulfide) groups is 1. The van der Waals surface area contributed by atoms with Crippen molar-refractivity contribution in [3.63, 3.8) is 0 Å². The highest BCUT2D eigenvalue weighted by atomic mass is 35.5. The summed E-state index contributed by atoms with van der Waals surface area (Å²) in [6, 6.07) is 13.0. The maximum atomic E-state index is 13.0. The Labute approximate surface area is 186 Å². The summed E-state index contributed by atoms with van der Waals surface area (Å²) in [7, 11) is -3.55. The number of aryl methyl sites for hydroxylation is 1. The molecular formula is C21H24ClN3O3S2. The van der Waals surface area contributed by atoms with E-state index in [0.29, 0.717) is 37.6 Å². The molecule has 6 nitrogen and oxygen atoms in total. The topological polar surface area (TPSA) is 64.4 Å². The van der Waals surface area contributed by atoms with E-state index < -0.39 is 10.0 Å². The Kier molecular flexibility index (Phi) is 6.69. The molecule has 0 radical (unpaired) electrons. The molecule has 160 valence electrons. The SMILES string of the molecule is CCCn1c(CSc2ccccc2Cl)nc2cc(S(=O)(=O)N3CCOCC3)ccc21. The van der Waals surface area contributed by atoms with Crippen LogP contribution in [0.15, 0.2) is 52.3 Å². The highest BCUT2D eigenvalue weighted by Gasteiger charge is 2.27. The second-order valence-electron chi connectivity index (χ2n) is 7.07. The third kappa shape index (κ3) is 4.38. The van der Waals surface area contributed by atoms with Crippen LogP contribution in [0.5, 0.6) is 0 Å². The molecule has 2 heterocycles. The predicted molar refractivity (Wildman–Crippen MR) is 121 cm³/mol. The average Bonchev–Trinajstić information content (AvgIpc) is 3.11. The Morgan fingerprint density at radius 3 is 2.67 bits per heavy atom. The number of hydrogen-bond acceptors (Lipinski definition) is 5. The van der Waals surface area contributed by atoms with Gasteiger partial charge in [-0.15, -0.1) is 11.8 Å². The lowest BCUT2D eigenvalue weighted by atomic mass is 10.3. The van der Waals surface area contributed by atoms with Gasteiger partial charge in [0.05, 0.1) is 39.9 Å². The molecule has 4 rings (SSSR count). The lowest BCUT2D eigenvalue weighted by Crippen LogP contribution is -2.40. The highest BCUT2D eigenvalue weighted by Crippen LogP contribution is 2.31. The van der Waals surface area contributed by atoms with Gasteiger partial charge < -0.3 is 9.30 Å². The van der Waals surface area contributed by atoms with Crippen LogP contribution < -0.4 is 0 Å². The minimum absolute atomic E-state index is 0.281. The summed E-state index contributed by atoms with van der Waals surface area (Å²) in [5.41, 5.74) is 1.65. The summed E-state index contributed by atoms with van der Waals surface area (Å²) < 4.78 is 35.0. The van der Waals surface area contributed by atoms with Crippen LogP contribution in [0.4, 0.5) is 0 Å². The lowest BCUT2D eigenvalue weighted by Gasteiger charge is -2.26. The van der Waals surface area contributed by atoms with Crippen molar-refractivity contribution in [3.05, 3.63) is 53.3 Å². The molecule has 0 amide bonds. The molecule has 0 aliphatic carbocycles. The van der Waals surface area contributed by atoms with Crippen LogP contribution >= 0.6 is 23.4 Å². The maximum Gasteiger partial charge on any atom is 0.243 e. The fraction of sp³-hybridized carbons (Fsp3) is 0.381. The van der Waals surface area contributed by atoms with Crippen LogP contribution in [0.2, 0.25) is 5.02 Å². The number of hydrogen-bond donors (Lipinski definition) is 0.